The molecule has 0 saturated heterocycles. The molecule has 0 bridgehead atoms. The van der Waals surface area contributed by atoms with E-state index in [-0.39, 0.29) is 0 Å². The minimum atomic E-state index is 0.655. The Bertz CT molecular complexity index is 271. The summed E-state index contributed by atoms with van der Waals surface area (Å²) in [6, 6.07) is 2.06. The molecule has 0 aliphatic carbocycles. The van der Waals surface area contributed by atoms with Crippen LogP contribution in [-0.2, 0) is 6.54 Å². The van der Waals surface area contributed by atoms with Crippen LogP contribution in [0.1, 0.15) is 12.5 Å². The van der Waals surface area contributed by atoms with Crippen molar-refractivity contribution >= 4 is 22.6 Å². The quantitative estimate of drug-likeness (QED) is 0.703. The van der Waals surface area contributed by atoms with E-state index >= 15 is 0 Å². The van der Waals surface area contributed by atoms with E-state index in [1.807, 2.05) is 6.92 Å². The molecule has 1 rings (SSSR count). The Labute approximate surface area is 72.8 Å². The molecular formula is C6H6IN3. The van der Waals surface area contributed by atoms with Crippen molar-refractivity contribution < 1.29 is 0 Å². The number of aromatic nitrogens is 2. The summed E-state index contributed by atoms with van der Waals surface area (Å²) < 4.78 is 2.71. The molecule has 3 nitrogen and oxygen atoms in total. The van der Waals surface area contributed by atoms with E-state index < -0.39 is 0 Å². The Kier molecular flexibility index (Phi) is 2.27. The zero-order chi connectivity index (χ0) is 7.56. The van der Waals surface area contributed by atoms with Gasteiger partial charge in [-0.2, -0.15) is 10.4 Å². The van der Waals surface area contributed by atoms with Crippen LogP contribution in [0.15, 0.2) is 6.20 Å². The van der Waals surface area contributed by atoms with Gasteiger partial charge in [-0.05, 0) is 29.5 Å². The SMILES string of the molecule is CCn1ncc(C#N)c1I. The fourth-order valence-corrected chi connectivity index (χ4v) is 1.39. The summed E-state index contributed by atoms with van der Waals surface area (Å²) in [5.74, 6) is 0. The van der Waals surface area contributed by atoms with Gasteiger partial charge in [0, 0.05) is 6.54 Å². The Morgan fingerprint density at radius 3 is 2.90 bits per heavy atom. The molecule has 0 saturated carbocycles. The second-order valence-electron chi connectivity index (χ2n) is 1.78. The molecule has 0 fully saturated rings. The predicted octanol–water partition coefficient (Wildman–Crippen LogP) is 1.38. The van der Waals surface area contributed by atoms with Crippen molar-refractivity contribution in [3.8, 4) is 6.07 Å². The number of halogens is 1. The highest BCUT2D eigenvalue weighted by Gasteiger charge is 2.03. The maximum atomic E-state index is 8.52. The highest BCUT2D eigenvalue weighted by molar-refractivity contribution is 14.1. The van der Waals surface area contributed by atoms with Crippen LogP contribution in [0.3, 0.4) is 0 Å². The first-order valence-corrected chi connectivity index (χ1v) is 3.99. The van der Waals surface area contributed by atoms with Gasteiger partial charge in [0.1, 0.15) is 15.3 Å². The van der Waals surface area contributed by atoms with Crippen molar-refractivity contribution in [2.75, 3.05) is 0 Å². The number of aryl methyl sites for hydroxylation is 1. The standard InChI is InChI=1S/C6H6IN3/c1-2-10-6(7)5(3-8)4-9-10/h4H,2H2,1H3. The zero-order valence-electron chi connectivity index (χ0n) is 5.50. The topological polar surface area (TPSA) is 41.6 Å². The van der Waals surface area contributed by atoms with E-state index in [9.17, 15) is 0 Å². The first-order valence-electron chi connectivity index (χ1n) is 2.91. The molecule has 10 heavy (non-hydrogen) atoms. The summed E-state index contributed by atoms with van der Waals surface area (Å²) in [4.78, 5) is 0. The van der Waals surface area contributed by atoms with Gasteiger partial charge in [0.2, 0.25) is 0 Å². The third kappa shape index (κ3) is 1.14. The maximum Gasteiger partial charge on any atom is 0.117 e. The smallest absolute Gasteiger partial charge is 0.117 e. The molecule has 0 amide bonds. The lowest BCUT2D eigenvalue weighted by molar-refractivity contribution is 0.643. The van der Waals surface area contributed by atoms with Crippen molar-refractivity contribution in [3.63, 3.8) is 0 Å². The molecule has 0 aliphatic heterocycles. The summed E-state index contributed by atoms with van der Waals surface area (Å²) >= 11 is 2.11. The largest absolute Gasteiger partial charge is 0.258 e. The number of nitriles is 1. The minimum absolute atomic E-state index is 0.655. The van der Waals surface area contributed by atoms with Crippen LogP contribution in [-0.4, -0.2) is 9.78 Å². The highest BCUT2D eigenvalue weighted by atomic mass is 127. The van der Waals surface area contributed by atoms with Crippen molar-refractivity contribution in [3.05, 3.63) is 15.5 Å². The lowest BCUT2D eigenvalue weighted by atomic mass is 10.4. The van der Waals surface area contributed by atoms with Gasteiger partial charge in [0.05, 0.1) is 6.20 Å². The molecule has 1 aromatic heterocycles. The molecule has 52 valence electrons. The lowest BCUT2D eigenvalue weighted by Gasteiger charge is -1.94. The Balaban J connectivity index is 3.12. The summed E-state index contributed by atoms with van der Waals surface area (Å²) in [6.45, 7) is 2.82. The predicted molar refractivity (Wildman–Crippen MR) is 45.3 cm³/mol. The van der Waals surface area contributed by atoms with E-state index in [1.165, 1.54) is 0 Å². The van der Waals surface area contributed by atoms with Crippen LogP contribution in [0.5, 0.6) is 0 Å². The van der Waals surface area contributed by atoms with Crippen LogP contribution < -0.4 is 0 Å². The molecule has 0 N–H and O–H groups in total. The van der Waals surface area contributed by atoms with Crippen LogP contribution in [0, 0.1) is 15.0 Å². The summed E-state index contributed by atoms with van der Waals surface area (Å²) in [6.07, 6.45) is 1.59. The zero-order valence-corrected chi connectivity index (χ0v) is 7.66. The van der Waals surface area contributed by atoms with Crippen molar-refractivity contribution in [1.82, 2.24) is 9.78 Å². The summed E-state index contributed by atoms with van der Waals surface area (Å²) in [7, 11) is 0. The molecular weight excluding hydrogens is 241 g/mol. The molecule has 1 heterocycles. The van der Waals surface area contributed by atoms with E-state index in [0.29, 0.717) is 5.56 Å². The van der Waals surface area contributed by atoms with Gasteiger partial charge in [-0.3, -0.25) is 4.68 Å². The average molecular weight is 247 g/mol. The first kappa shape index (κ1) is 7.54. The van der Waals surface area contributed by atoms with E-state index in [1.54, 1.807) is 10.9 Å². The Morgan fingerprint density at radius 2 is 2.60 bits per heavy atom. The number of hydrogen-bond donors (Lipinski definition) is 0. The molecule has 4 heteroatoms. The van der Waals surface area contributed by atoms with E-state index in [2.05, 4.69) is 33.8 Å². The molecule has 1 aromatic rings. The van der Waals surface area contributed by atoms with Crippen LogP contribution in [0.4, 0.5) is 0 Å². The van der Waals surface area contributed by atoms with Crippen molar-refractivity contribution in [1.29, 1.82) is 5.26 Å². The molecule has 0 atom stereocenters. The molecule has 0 spiro atoms. The highest BCUT2D eigenvalue weighted by Crippen LogP contribution is 2.09. The van der Waals surface area contributed by atoms with Crippen LogP contribution >= 0.6 is 22.6 Å². The Morgan fingerprint density at radius 1 is 1.90 bits per heavy atom. The minimum Gasteiger partial charge on any atom is -0.258 e. The molecule has 0 radical (unpaired) electrons. The number of rotatable bonds is 1. The van der Waals surface area contributed by atoms with Gasteiger partial charge in [0.15, 0.2) is 0 Å². The average Bonchev–Trinajstić information content (AvgIpc) is 2.30. The monoisotopic (exact) mass is 247 g/mol. The van der Waals surface area contributed by atoms with Gasteiger partial charge < -0.3 is 0 Å². The van der Waals surface area contributed by atoms with Crippen LogP contribution in [0.2, 0.25) is 0 Å². The fraction of sp³-hybridized carbons (Fsp3) is 0.333. The third-order valence-corrected chi connectivity index (χ3v) is 2.33. The Hall–Kier alpha value is -0.570. The van der Waals surface area contributed by atoms with Crippen molar-refractivity contribution in [2.45, 2.75) is 13.5 Å². The van der Waals surface area contributed by atoms with E-state index in [4.69, 9.17) is 5.26 Å². The second-order valence-corrected chi connectivity index (χ2v) is 2.80. The number of nitrogens with zero attached hydrogens (tertiary/aromatic N) is 3. The summed E-state index contributed by atoms with van der Waals surface area (Å²) in [5, 5.41) is 12.5. The van der Waals surface area contributed by atoms with Gasteiger partial charge in [-0.15, -0.1) is 0 Å². The normalized spacial score (nSPS) is 9.30. The third-order valence-electron chi connectivity index (χ3n) is 1.20. The molecule has 0 aromatic carbocycles. The molecule has 0 aliphatic rings. The van der Waals surface area contributed by atoms with E-state index in [0.717, 1.165) is 10.2 Å². The van der Waals surface area contributed by atoms with Gasteiger partial charge in [0.25, 0.3) is 0 Å². The first-order chi connectivity index (χ1) is 4.79. The van der Waals surface area contributed by atoms with Gasteiger partial charge >= 0.3 is 0 Å². The second kappa shape index (κ2) is 3.01. The van der Waals surface area contributed by atoms with Gasteiger partial charge in [-0.25, -0.2) is 0 Å². The fourth-order valence-electron chi connectivity index (χ4n) is 0.666. The molecule has 0 unspecified atom stereocenters. The van der Waals surface area contributed by atoms with Crippen LogP contribution in [0.25, 0.3) is 0 Å². The van der Waals surface area contributed by atoms with Crippen molar-refractivity contribution in [2.24, 2.45) is 0 Å². The lowest BCUT2D eigenvalue weighted by Crippen LogP contribution is -1.98. The maximum absolute atomic E-state index is 8.52. The summed E-state index contributed by atoms with van der Waals surface area (Å²) in [5.41, 5.74) is 0.655. The van der Waals surface area contributed by atoms with Gasteiger partial charge in [-0.1, -0.05) is 0 Å². The number of hydrogen-bond acceptors (Lipinski definition) is 2.